The SMILES string of the molecule is Cc1noc(C)c1S(=O)(=O)N[C@H](C)c1ccc2c(c1)CCCC2. The molecule has 5 nitrogen and oxygen atoms in total. The van der Waals surface area contributed by atoms with Crippen LogP contribution in [0.3, 0.4) is 0 Å². The number of hydrogen-bond donors (Lipinski definition) is 1. The molecule has 3 rings (SSSR count). The number of aryl methyl sites for hydroxylation is 4. The third-order valence-electron chi connectivity index (χ3n) is 4.44. The van der Waals surface area contributed by atoms with E-state index in [2.05, 4.69) is 22.0 Å². The van der Waals surface area contributed by atoms with Gasteiger partial charge in [0.05, 0.1) is 0 Å². The summed E-state index contributed by atoms with van der Waals surface area (Å²) in [6.45, 7) is 5.10. The zero-order chi connectivity index (χ0) is 16.6. The lowest BCUT2D eigenvalue weighted by molar-refractivity contribution is 0.390. The van der Waals surface area contributed by atoms with E-state index in [0.717, 1.165) is 18.4 Å². The van der Waals surface area contributed by atoms with Gasteiger partial charge < -0.3 is 4.52 Å². The summed E-state index contributed by atoms with van der Waals surface area (Å²) in [4.78, 5) is 0.141. The van der Waals surface area contributed by atoms with Crippen molar-refractivity contribution in [2.75, 3.05) is 0 Å². The molecule has 0 fully saturated rings. The number of nitrogens with zero attached hydrogens (tertiary/aromatic N) is 1. The third kappa shape index (κ3) is 3.19. The number of benzene rings is 1. The zero-order valence-electron chi connectivity index (χ0n) is 13.7. The average molecular weight is 334 g/mol. The van der Waals surface area contributed by atoms with Gasteiger partial charge >= 0.3 is 0 Å². The Labute approximate surface area is 137 Å². The van der Waals surface area contributed by atoms with Crippen molar-refractivity contribution in [2.24, 2.45) is 0 Å². The average Bonchev–Trinajstić information content (AvgIpc) is 2.86. The molecule has 0 unspecified atom stereocenters. The van der Waals surface area contributed by atoms with E-state index < -0.39 is 10.0 Å². The first-order chi connectivity index (χ1) is 10.9. The fourth-order valence-corrected chi connectivity index (χ4v) is 4.80. The van der Waals surface area contributed by atoms with E-state index >= 15 is 0 Å². The van der Waals surface area contributed by atoms with Crippen LogP contribution in [0.25, 0.3) is 0 Å². The van der Waals surface area contributed by atoms with Gasteiger partial charge in [-0.15, -0.1) is 0 Å². The lowest BCUT2D eigenvalue weighted by Crippen LogP contribution is -2.27. The molecular formula is C17H22N2O3S. The lowest BCUT2D eigenvalue weighted by atomic mass is 9.89. The molecule has 0 radical (unpaired) electrons. The van der Waals surface area contributed by atoms with Gasteiger partial charge in [-0.3, -0.25) is 0 Å². The van der Waals surface area contributed by atoms with Crippen molar-refractivity contribution in [3.05, 3.63) is 46.3 Å². The summed E-state index contributed by atoms with van der Waals surface area (Å²) < 4.78 is 32.9. The van der Waals surface area contributed by atoms with Crippen LogP contribution in [-0.4, -0.2) is 13.6 Å². The van der Waals surface area contributed by atoms with Gasteiger partial charge in [0.2, 0.25) is 10.0 Å². The minimum absolute atomic E-state index is 0.141. The van der Waals surface area contributed by atoms with Gasteiger partial charge in [0.25, 0.3) is 0 Å². The zero-order valence-corrected chi connectivity index (χ0v) is 14.5. The molecular weight excluding hydrogens is 312 g/mol. The molecule has 0 saturated carbocycles. The van der Waals surface area contributed by atoms with Crippen molar-refractivity contribution in [3.8, 4) is 0 Å². The van der Waals surface area contributed by atoms with Gasteiger partial charge in [-0.25, -0.2) is 13.1 Å². The molecule has 6 heteroatoms. The highest BCUT2D eigenvalue weighted by molar-refractivity contribution is 7.89. The fraction of sp³-hybridized carbons (Fsp3) is 0.471. The minimum Gasteiger partial charge on any atom is -0.360 e. The largest absolute Gasteiger partial charge is 0.360 e. The Morgan fingerprint density at radius 3 is 2.52 bits per heavy atom. The Morgan fingerprint density at radius 2 is 1.87 bits per heavy atom. The molecule has 1 N–H and O–H groups in total. The number of sulfonamides is 1. The van der Waals surface area contributed by atoms with Gasteiger partial charge in [0.1, 0.15) is 10.6 Å². The second-order valence-electron chi connectivity index (χ2n) is 6.23. The predicted molar refractivity (Wildman–Crippen MR) is 87.8 cm³/mol. The van der Waals surface area contributed by atoms with E-state index in [9.17, 15) is 8.42 Å². The summed E-state index contributed by atoms with van der Waals surface area (Å²) in [5, 5.41) is 3.73. The summed E-state index contributed by atoms with van der Waals surface area (Å²) in [6, 6.07) is 5.98. The smallest absolute Gasteiger partial charge is 0.246 e. The van der Waals surface area contributed by atoms with Gasteiger partial charge in [0.15, 0.2) is 5.76 Å². The monoisotopic (exact) mass is 334 g/mol. The molecule has 124 valence electrons. The van der Waals surface area contributed by atoms with Crippen LogP contribution in [-0.2, 0) is 22.9 Å². The van der Waals surface area contributed by atoms with Crippen LogP contribution in [0.15, 0.2) is 27.6 Å². The summed E-state index contributed by atoms with van der Waals surface area (Å²) in [5.74, 6) is 0.313. The van der Waals surface area contributed by atoms with Gasteiger partial charge in [-0.1, -0.05) is 23.4 Å². The number of aromatic nitrogens is 1. The molecule has 0 bridgehead atoms. The molecule has 1 aliphatic rings. The molecule has 1 aromatic heterocycles. The summed E-state index contributed by atoms with van der Waals surface area (Å²) in [6.07, 6.45) is 4.64. The van der Waals surface area contributed by atoms with Crippen molar-refractivity contribution >= 4 is 10.0 Å². The van der Waals surface area contributed by atoms with Gasteiger partial charge in [-0.2, -0.15) is 0 Å². The highest BCUT2D eigenvalue weighted by atomic mass is 32.2. The van der Waals surface area contributed by atoms with Crippen molar-refractivity contribution in [1.29, 1.82) is 0 Å². The number of hydrogen-bond acceptors (Lipinski definition) is 4. The first-order valence-corrected chi connectivity index (χ1v) is 9.43. The van der Waals surface area contributed by atoms with Crippen LogP contribution in [0.5, 0.6) is 0 Å². The molecule has 0 aliphatic heterocycles. The fourth-order valence-electron chi connectivity index (χ4n) is 3.24. The van der Waals surface area contributed by atoms with E-state index in [4.69, 9.17) is 4.52 Å². The van der Waals surface area contributed by atoms with E-state index in [1.165, 1.54) is 24.0 Å². The maximum absolute atomic E-state index is 12.6. The standard InChI is InChI=1S/C17H22N2O3S/c1-11(15-9-8-14-6-4-5-7-16(14)10-15)19-23(20,21)17-12(2)18-22-13(17)3/h8-11,19H,4-7H2,1-3H3/t11-/m1/s1. The summed E-state index contributed by atoms with van der Waals surface area (Å²) in [5.41, 5.74) is 4.10. The quantitative estimate of drug-likeness (QED) is 0.932. The maximum Gasteiger partial charge on any atom is 0.246 e. The Bertz CT molecular complexity index is 805. The molecule has 1 atom stereocenters. The van der Waals surface area contributed by atoms with Crippen molar-refractivity contribution in [2.45, 2.75) is 57.4 Å². The first-order valence-electron chi connectivity index (χ1n) is 7.95. The molecule has 1 aromatic carbocycles. The van der Waals surface area contributed by atoms with Crippen molar-refractivity contribution in [1.82, 2.24) is 9.88 Å². The van der Waals surface area contributed by atoms with Crippen LogP contribution < -0.4 is 4.72 Å². The Balaban J connectivity index is 1.85. The van der Waals surface area contributed by atoms with E-state index in [-0.39, 0.29) is 10.9 Å². The van der Waals surface area contributed by atoms with E-state index in [1.807, 2.05) is 13.0 Å². The molecule has 0 spiro atoms. The van der Waals surface area contributed by atoms with Gasteiger partial charge in [0, 0.05) is 6.04 Å². The van der Waals surface area contributed by atoms with Crippen LogP contribution in [0, 0.1) is 13.8 Å². The number of rotatable bonds is 4. The Kier molecular flexibility index (Phi) is 4.29. The van der Waals surface area contributed by atoms with E-state index in [1.54, 1.807) is 13.8 Å². The molecule has 2 aromatic rings. The summed E-state index contributed by atoms with van der Waals surface area (Å²) >= 11 is 0. The molecule has 0 amide bonds. The number of nitrogens with one attached hydrogen (secondary N) is 1. The topological polar surface area (TPSA) is 72.2 Å². The molecule has 0 saturated heterocycles. The summed E-state index contributed by atoms with van der Waals surface area (Å²) in [7, 11) is -3.65. The second-order valence-corrected chi connectivity index (χ2v) is 7.88. The lowest BCUT2D eigenvalue weighted by Gasteiger charge is -2.20. The van der Waals surface area contributed by atoms with Crippen molar-refractivity contribution in [3.63, 3.8) is 0 Å². The highest BCUT2D eigenvalue weighted by Gasteiger charge is 2.26. The Hall–Kier alpha value is -1.66. The molecule has 23 heavy (non-hydrogen) atoms. The third-order valence-corrected chi connectivity index (χ3v) is 6.23. The van der Waals surface area contributed by atoms with Crippen LogP contribution in [0.4, 0.5) is 0 Å². The Morgan fingerprint density at radius 1 is 1.17 bits per heavy atom. The normalized spacial score (nSPS) is 16.1. The van der Waals surface area contributed by atoms with E-state index in [0.29, 0.717) is 11.5 Å². The highest BCUT2D eigenvalue weighted by Crippen LogP contribution is 2.26. The van der Waals surface area contributed by atoms with Gasteiger partial charge in [-0.05, 0) is 63.1 Å². The predicted octanol–water partition coefficient (Wildman–Crippen LogP) is 3.21. The second kappa shape index (κ2) is 6.09. The first kappa shape index (κ1) is 16.2. The van der Waals surface area contributed by atoms with Crippen LogP contribution in [0.2, 0.25) is 0 Å². The van der Waals surface area contributed by atoms with Crippen molar-refractivity contribution < 1.29 is 12.9 Å². The molecule has 1 aliphatic carbocycles. The molecule has 1 heterocycles. The number of fused-ring (bicyclic) bond motifs is 1. The minimum atomic E-state index is -3.65. The maximum atomic E-state index is 12.6. The van der Waals surface area contributed by atoms with Crippen LogP contribution >= 0.6 is 0 Å². The van der Waals surface area contributed by atoms with Crippen LogP contribution in [0.1, 0.15) is 54.0 Å².